The summed E-state index contributed by atoms with van der Waals surface area (Å²) in [5, 5.41) is 7.14. The number of nitrogens with zero attached hydrogens (tertiary/aromatic N) is 2. The maximum absolute atomic E-state index is 4.56. The molecule has 3 rings (SSSR count). The van der Waals surface area contributed by atoms with Crippen molar-refractivity contribution in [3.05, 3.63) is 69.5 Å². The summed E-state index contributed by atoms with van der Waals surface area (Å²) in [5.74, 6) is 0. The van der Waals surface area contributed by atoms with E-state index in [1.165, 1.54) is 5.56 Å². The molecule has 0 radical (unpaired) electrons. The summed E-state index contributed by atoms with van der Waals surface area (Å²) >= 11 is 5.05. The van der Waals surface area contributed by atoms with Gasteiger partial charge in [-0.3, -0.25) is 5.43 Å². The summed E-state index contributed by atoms with van der Waals surface area (Å²) < 4.78 is 1.05. The molecule has 0 unspecified atom stereocenters. The van der Waals surface area contributed by atoms with Gasteiger partial charge in [-0.05, 0) is 29.7 Å². The fraction of sp³-hybridized carbons (Fsp3) is 0.111. The Bertz CT molecular complexity index is 812. The van der Waals surface area contributed by atoms with E-state index in [2.05, 4.69) is 68.7 Å². The lowest BCUT2D eigenvalue weighted by Gasteiger charge is -2.03. The number of hydrazone groups is 1. The Morgan fingerprint density at radius 3 is 2.83 bits per heavy atom. The molecule has 0 aliphatic carbocycles. The molecule has 0 aliphatic heterocycles. The van der Waals surface area contributed by atoms with Crippen molar-refractivity contribution in [1.29, 1.82) is 0 Å². The predicted molar refractivity (Wildman–Crippen MR) is 102 cm³/mol. The van der Waals surface area contributed by atoms with Crippen LogP contribution in [0.5, 0.6) is 0 Å². The van der Waals surface area contributed by atoms with Gasteiger partial charge in [-0.25, -0.2) is 4.98 Å². The minimum absolute atomic E-state index is 0.785. The summed E-state index contributed by atoms with van der Waals surface area (Å²) in [6.45, 7) is 2.14. The second kappa shape index (κ2) is 7.53. The summed E-state index contributed by atoms with van der Waals surface area (Å²) in [6, 6.07) is 16.4. The minimum atomic E-state index is 0.785. The maximum Gasteiger partial charge on any atom is 0.203 e. The second-order valence-corrected chi connectivity index (χ2v) is 6.74. The van der Waals surface area contributed by atoms with Gasteiger partial charge in [-0.2, -0.15) is 5.10 Å². The first-order chi connectivity index (χ1) is 11.3. The zero-order valence-corrected chi connectivity index (χ0v) is 15.1. The van der Waals surface area contributed by atoms with Crippen LogP contribution in [0.3, 0.4) is 0 Å². The van der Waals surface area contributed by atoms with E-state index in [-0.39, 0.29) is 0 Å². The number of benzene rings is 2. The van der Waals surface area contributed by atoms with Gasteiger partial charge < -0.3 is 0 Å². The fourth-order valence-electron chi connectivity index (χ4n) is 2.23. The molecule has 1 N–H and O–H groups in total. The number of halogens is 1. The van der Waals surface area contributed by atoms with Crippen molar-refractivity contribution in [3.63, 3.8) is 0 Å². The van der Waals surface area contributed by atoms with Crippen molar-refractivity contribution in [2.75, 3.05) is 5.43 Å². The molecule has 0 saturated heterocycles. The summed E-state index contributed by atoms with van der Waals surface area (Å²) in [6.07, 6.45) is 2.82. The molecule has 0 aliphatic rings. The van der Waals surface area contributed by atoms with Crippen molar-refractivity contribution in [2.24, 2.45) is 5.10 Å². The van der Waals surface area contributed by atoms with Gasteiger partial charge in [0.25, 0.3) is 0 Å². The normalized spacial score (nSPS) is 11.0. The SMILES string of the molecule is CCc1ccc(Br)cc1C=NNc1nc(-c2ccccc2)cs1. The van der Waals surface area contributed by atoms with Crippen LogP contribution in [0.25, 0.3) is 11.3 Å². The molecule has 0 bridgehead atoms. The Balaban J connectivity index is 1.72. The summed E-state index contributed by atoms with van der Waals surface area (Å²) in [4.78, 5) is 4.56. The van der Waals surface area contributed by atoms with Crippen LogP contribution in [-0.4, -0.2) is 11.2 Å². The molecule has 0 saturated carbocycles. The molecule has 0 fully saturated rings. The number of anilines is 1. The van der Waals surface area contributed by atoms with E-state index in [4.69, 9.17) is 0 Å². The molecule has 0 spiro atoms. The largest absolute Gasteiger partial charge is 0.253 e. The van der Waals surface area contributed by atoms with Crippen LogP contribution in [0, 0.1) is 0 Å². The zero-order chi connectivity index (χ0) is 16.1. The van der Waals surface area contributed by atoms with Gasteiger partial charge in [0, 0.05) is 15.4 Å². The van der Waals surface area contributed by atoms with E-state index >= 15 is 0 Å². The van der Waals surface area contributed by atoms with Crippen LogP contribution in [0.1, 0.15) is 18.1 Å². The third-order valence-electron chi connectivity index (χ3n) is 3.43. The average Bonchev–Trinajstić information content (AvgIpc) is 3.05. The number of aromatic nitrogens is 1. The van der Waals surface area contributed by atoms with Gasteiger partial charge in [0.2, 0.25) is 5.13 Å². The molecule has 2 aromatic carbocycles. The number of thiazole rings is 1. The zero-order valence-electron chi connectivity index (χ0n) is 12.7. The third-order valence-corrected chi connectivity index (χ3v) is 4.67. The van der Waals surface area contributed by atoms with Crippen LogP contribution in [0.2, 0.25) is 0 Å². The van der Waals surface area contributed by atoms with Gasteiger partial charge in [0.15, 0.2) is 0 Å². The average molecular weight is 386 g/mol. The van der Waals surface area contributed by atoms with Crippen LogP contribution < -0.4 is 5.43 Å². The third kappa shape index (κ3) is 4.06. The lowest BCUT2D eigenvalue weighted by atomic mass is 10.1. The molecule has 1 aromatic heterocycles. The maximum atomic E-state index is 4.56. The number of hydrogen-bond donors (Lipinski definition) is 1. The highest BCUT2D eigenvalue weighted by Crippen LogP contribution is 2.24. The van der Waals surface area contributed by atoms with E-state index < -0.39 is 0 Å². The van der Waals surface area contributed by atoms with E-state index in [0.717, 1.165) is 32.8 Å². The first-order valence-corrected chi connectivity index (χ1v) is 9.02. The van der Waals surface area contributed by atoms with E-state index in [1.807, 2.05) is 29.8 Å². The number of rotatable bonds is 5. The number of hydrogen-bond acceptors (Lipinski definition) is 4. The molecule has 23 heavy (non-hydrogen) atoms. The molecule has 3 aromatic rings. The quantitative estimate of drug-likeness (QED) is 0.459. The van der Waals surface area contributed by atoms with Crippen molar-refractivity contribution in [2.45, 2.75) is 13.3 Å². The Morgan fingerprint density at radius 2 is 2.04 bits per heavy atom. The Kier molecular flexibility index (Phi) is 5.20. The monoisotopic (exact) mass is 385 g/mol. The number of aryl methyl sites for hydroxylation is 1. The molecular formula is C18H16BrN3S. The van der Waals surface area contributed by atoms with Crippen LogP contribution >= 0.6 is 27.3 Å². The first kappa shape index (κ1) is 15.9. The van der Waals surface area contributed by atoms with Gasteiger partial charge in [0.1, 0.15) is 0 Å². The van der Waals surface area contributed by atoms with Crippen LogP contribution in [-0.2, 0) is 6.42 Å². The predicted octanol–water partition coefficient (Wildman–Crippen LogP) is 5.58. The molecule has 3 nitrogen and oxygen atoms in total. The van der Waals surface area contributed by atoms with Gasteiger partial charge in [0.05, 0.1) is 11.9 Å². The fourth-order valence-corrected chi connectivity index (χ4v) is 3.28. The second-order valence-electron chi connectivity index (χ2n) is 4.97. The van der Waals surface area contributed by atoms with E-state index in [1.54, 1.807) is 11.3 Å². The smallest absolute Gasteiger partial charge is 0.203 e. The number of nitrogens with one attached hydrogen (secondary N) is 1. The molecular weight excluding hydrogens is 370 g/mol. The molecule has 0 amide bonds. The van der Waals surface area contributed by atoms with Crippen LogP contribution in [0.15, 0.2) is 63.5 Å². The van der Waals surface area contributed by atoms with Crippen LogP contribution in [0.4, 0.5) is 5.13 Å². The topological polar surface area (TPSA) is 37.3 Å². The molecule has 1 heterocycles. The highest BCUT2D eigenvalue weighted by Gasteiger charge is 2.03. The molecule has 116 valence electrons. The van der Waals surface area contributed by atoms with Crippen molar-refractivity contribution >= 4 is 38.6 Å². The summed E-state index contributed by atoms with van der Waals surface area (Å²) in [7, 11) is 0. The van der Waals surface area contributed by atoms with E-state index in [9.17, 15) is 0 Å². The Hall–Kier alpha value is -1.98. The van der Waals surface area contributed by atoms with Gasteiger partial charge in [-0.1, -0.05) is 59.3 Å². The lowest BCUT2D eigenvalue weighted by Crippen LogP contribution is -1.94. The van der Waals surface area contributed by atoms with Crippen molar-refractivity contribution < 1.29 is 0 Å². The van der Waals surface area contributed by atoms with E-state index in [0.29, 0.717) is 0 Å². The Labute approximate surface area is 148 Å². The summed E-state index contributed by atoms with van der Waals surface area (Å²) in [5.41, 5.74) is 7.46. The van der Waals surface area contributed by atoms with Crippen molar-refractivity contribution in [1.82, 2.24) is 4.98 Å². The lowest BCUT2D eigenvalue weighted by molar-refractivity contribution is 1.13. The first-order valence-electron chi connectivity index (χ1n) is 7.34. The highest BCUT2D eigenvalue weighted by molar-refractivity contribution is 9.10. The minimum Gasteiger partial charge on any atom is -0.253 e. The highest BCUT2D eigenvalue weighted by atomic mass is 79.9. The molecule has 0 atom stereocenters. The molecule has 5 heteroatoms. The standard InChI is InChI=1S/C18H16BrN3S/c1-2-13-8-9-16(19)10-15(13)11-20-22-18-21-17(12-23-18)14-6-4-3-5-7-14/h3-12H,2H2,1H3,(H,21,22). The van der Waals surface area contributed by atoms with Gasteiger partial charge >= 0.3 is 0 Å². The van der Waals surface area contributed by atoms with Crippen molar-refractivity contribution in [3.8, 4) is 11.3 Å². The Morgan fingerprint density at radius 1 is 1.22 bits per heavy atom. The van der Waals surface area contributed by atoms with Gasteiger partial charge in [-0.15, -0.1) is 11.3 Å².